The number of aromatic nitrogens is 3. The number of hydrogen-bond acceptors (Lipinski definition) is 2. The molecule has 108 valence electrons. The third-order valence-electron chi connectivity index (χ3n) is 3.26. The van der Waals surface area contributed by atoms with E-state index in [-0.39, 0.29) is 0 Å². The first kappa shape index (κ1) is 14.8. The predicted molar refractivity (Wildman–Crippen MR) is 90.7 cm³/mol. The molecule has 0 fully saturated rings. The molecule has 0 saturated carbocycles. The van der Waals surface area contributed by atoms with Gasteiger partial charge in [-0.3, -0.25) is 4.57 Å². The molecule has 3 rings (SSSR count). The lowest BCUT2D eigenvalue weighted by atomic mass is 10.2. The molecule has 21 heavy (non-hydrogen) atoms. The van der Waals surface area contributed by atoms with Crippen molar-refractivity contribution in [2.24, 2.45) is 0 Å². The van der Waals surface area contributed by atoms with Crippen molar-refractivity contribution < 1.29 is 0 Å². The van der Waals surface area contributed by atoms with Gasteiger partial charge < -0.3 is 0 Å². The Hall–Kier alpha value is -1.10. The van der Waals surface area contributed by atoms with Gasteiger partial charge in [-0.25, -0.2) is 9.97 Å². The minimum Gasteiger partial charge on any atom is -0.280 e. The molecule has 0 bridgehead atoms. The average molecular weight is 385 g/mol. The van der Waals surface area contributed by atoms with Crippen LogP contribution in [0.15, 0.2) is 34.9 Å². The Bertz CT molecular complexity index is 814. The van der Waals surface area contributed by atoms with Gasteiger partial charge in [0.1, 0.15) is 11.3 Å². The lowest BCUT2D eigenvalue weighted by molar-refractivity contribution is 0.899. The quantitative estimate of drug-likeness (QED) is 0.599. The fraction of sp³-hybridized carbons (Fsp3) is 0.200. The average Bonchev–Trinajstić information content (AvgIpc) is 2.79. The topological polar surface area (TPSA) is 30.7 Å². The van der Waals surface area contributed by atoms with Gasteiger partial charge in [0.2, 0.25) is 0 Å². The van der Waals surface area contributed by atoms with Crippen LogP contribution >= 0.6 is 39.1 Å². The number of benzene rings is 1. The zero-order valence-electron chi connectivity index (χ0n) is 11.3. The van der Waals surface area contributed by atoms with Gasteiger partial charge in [0, 0.05) is 23.0 Å². The largest absolute Gasteiger partial charge is 0.280 e. The van der Waals surface area contributed by atoms with E-state index in [1.54, 1.807) is 6.20 Å². The van der Waals surface area contributed by atoms with Crippen molar-refractivity contribution in [2.45, 2.75) is 13.3 Å². The summed E-state index contributed by atoms with van der Waals surface area (Å²) in [6.07, 6.45) is 2.31. The first-order valence-corrected chi connectivity index (χ1v) is 8.16. The standard InChI is InChI=1S/C15H12BrCl2N3/c1-9-2-3-10(16)6-13(9)21-14(4-5-17)20-12-7-11(18)8-19-15(12)21/h2-3,6-8H,4-5H2,1H3. The van der Waals surface area contributed by atoms with Crippen LogP contribution in [-0.4, -0.2) is 20.4 Å². The van der Waals surface area contributed by atoms with Crippen LogP contribution in [0.5, 0.6) is 0 Å². The Labute approximate surface area is 141 Å². The molecule has 0 amide bonds. The van der Waals surface area contributed by atoms with Crippen LogP contribution in [-0.2, 0) is 6.42 Å². The lowest BCUT2D eigenvalue weighted by Crippen LogP contribution is -2.04. The highest BCUT2D eigenvalue weighted by Gasteiger charge is 2.15. The minimum absolute atomic E-state index is 0.504. The van der Waals surface area contributed by atoms with E-state index >= 15 is 0 Å². The van der Waals surface area contributed by atoms with Gasteiger partial charge in [-0.1, -0.05) is 33.6 Å². The number of nitrogens with zero attached hydrogens (tertiary/aromatic N) is 3. The molecule has 2 aromatic heterocycles. The summed E-state index contributed by atoms with van der Waals surface area (Å²) in [6, 6.07) is 7.96. The summed E-state index contributed by atoms with van der Waals surface area (Å²) in [4.78, 5) is 9.07. The second-order valence-corrected chi connectivity index (χ2v) is 6.46. The molecule has 0 radical (unpaired) electrons. The number of pyridine rings is 1. The molecule has 1 aromatic carbocycles. The summed E-state index contributed by atoms with van der Waals surface area (Å²) in [5.74, 6) is 1.39. The summed E-state index contributed by atoms with van der Waals surface area (Å²) in [5, 5.41) is 0.579. The molecule has 0 aliphatic heterocycles. The van der Waals surface area contributed by atoms with Crippen molar-refractivity contribution >= 4 is 50.3 Å². The number of rotatable bonds is 3. The maximum atomic E-state index is 6.01. The van der Waals surface area contributed by atoms with Crippen LogP contribution in [0, 0.1) is 6.92 Å². The van der Waals surface area contributed by atoms with Crippen LogP contribution < -0.4 is 0 Å². The molecular weight excluding hydrogens is 373 g/mol. The van der Waals surface area contributed by atoms with Gasteiger partial charge in [-0.15, -0.1) is 11.6 Å². The summed E-state index contributed by atoms with van der Waals surface area (Å²) in [6.45, 7) is 2.06. The van der Waals surface area contributed by atoms with E-state index in [1.165, 1.54) is 0 Å². The molecule has 0 unspecified atom stereocenters. The SMILES string of the molecule is Cc1ccc(Br)cc1-n1c(CCCl)nc2cc(Cl)cnc21. The van der Waals surface area contributed by atoms with E-state index < -0.39 is 0 Å². The molecule has 0 spiro atoms. The maximum Gasteiger partial charge on any atom is 0.164 e. The van der Waals surface area contributed by atoms with Gasteiger partial charge in [0.15, 0.2) is 5.65 Å². The highest BCUT2D eigenvalue weighted by atomic mass is 79.9. The highest BCUT2D eigenvalue weighted by Crippen LogP contribution is 2.27. The predicted octanol–water partition coefficient (Wildman–Crippen LogP) is 4.93. The molecular formula is C15H12BrCl2N3. The third-order valence-corrected chi connectivity index (χ3v) is 4.15. The number of imidazole rings is 1. The van der Waals surface area contributed by atoms with Crippen LogP contribution in [0.25, 0.3) is 16.9 Å². The second kappa shape index (κ2) is 5.95. The van der Waals surface area contributed by atoms with Crippen molar-refractivity contribution in [2.75, 3.05) is 5.88 Å². The molecule has 3 aromatic rings. The Kier molecular flexibility index (Phi) is 4.20. The van der Waals surface area contributed by atoms with Gasteiger partial charge in [-0.2, -0.15) is 0 Å². The van der Waals surface area contributed by atoms with Crippen molar-refractivity contribution in [1.82, 2.24) is 14.5 Å². The minimum atomic E-state index is 0.504. The normalized spacial score (nSPS) is 11.2. The van der Waals surface area contributed by atoms with E-state index in [2.05, 4.69) is 45.0 Å². The molecule has 3 nitrogen and oxygen atoms in total. The Balaban J connectivity index is 2.33. The number of aryl methyl sites for hydroxylation is 2. The fourth-order valence-corrected chi connectivity index (χ4v) is 2.99. The zero-order valence-corrected chi connectivity index (χ0v) is 14.4. The number of fused-ring (bicyclic) bond motifs is 1. The van der Waals surface area contributed by atoms with Gasteiger partial charge in [0.05, 0.1) is 10.7 Å². The first-order valence-electron chi connectivity index (χ1n) is 6.45. The van der Waals surface area contributed by atoms with Crippen molar-refractivity contribution in [1.29, 1.82) is 0 Å². The lowest BCUT2D eigenvalue weighted by Gasteiger charge is -2.11. The molecule has 0 aliphatic carbocycles. The van der Waals surface area contributed by atoms with E-state index in [4.69, 9.17) is 23.2 Å². The van der Waals surface area contributed by atoms with E-state index in [1.807, 2.05) is 16.7 Å². The Morgan fingerprint density at radius 2 is 2.10 bits per heavy atom. The highest BCUT2D eigenvalue weighted by molar-refractivity contribution is 9.10. The molecule has 0 atom stereocenters. The van der Waals surface area contributed by atoms with E-state index in [0.29, 0.717) is 17.3 Å². The molecule has 0 aliphatic rings. The number of hydrogen-bond donors (Lipinski definition) is 0. The van der Waals surface area contributed by atoms with Gasteiger partial charge in [-0.05, 0) is 30.7 Å². The number of alkyl halides is 1. The van der Waals surface area contributed by atoms with Crippen molar-refractivity contribution in [3.05, 3.63) is 51.3 Å². The van der Waals surface area contributed by atoms with E-state index in [9.17, 15) is 0 Å². The Morgan fingerprint density at radius 3 is 2.86 bits per heavy atom. The van der Waals surface area contributed by atoms with Crippen LogP contribution in [0.1, 0.15) is 11.4 Å². The monoisotopic (exact) mass is 383 g/mol. The van der Waals surface area contributed by atoms with Crippen molar-refractivity contribution in [3.63, 3.8) is 0 Å². The molecule has 6 heteroatoms. The van der Waals surface area contributed by atoms with Crippen LogP contribution in [0.2, 0.25) is 5.02 Å². The smallest absolute Gasteiger partial charge is 0.164 e. The molecule has 0 N–H and O–H groups in total. The summed E-state index contributed by atoms with van der Waals surface area (Å²) in [5.41, 5.74) is 3.76. The maximum absolute atomic E-state index is 6.01. The first-order chi connectivity index (χ1) is 10.1. The summed E-state index contributed by atoms with van der Waals surface area (Å²) in [7, 11) is 0. The summed E-state index contributed by atoms with van der Waals surface area (Å²) < 4.78 is 3.06. The zero-order chi connectivity index (χ0) is 15.0. The Morgan fingerprint density at radius 1 is 1.29 bits per heavy atom. The third kappa shape index (κ3) is 2.80. The van der Waals surface area contributed by atoms with E-state index in [0.717, 1.165) is 32.7 Å². The van der Waals surface area contributed by atoms with Gasteiger partial charge >= 0.3 is 0 Å². The summed E-state index contributed by atoms with van der Waals surface area (Å²) >= 11 is 15.5. The van der Waals surface area contributed by atoms with Crippen LogP contribution in [0.4, 0.5) is 0 Å². The van der Waals surface area contributed by atoms with Crippen LogP contribution in [0.3, 0.4) is 0 Å². The van der Waals surface area contributed by atoms with Gasteiger partial charge in [0.25, 0.3) is 0 Å². The number of halogens is 3. The second-order valence-electron chi connectivity index (χ2n) is 4.73. The van der Waals surface area contributed by atoms with Crippen molar-refractivity contribution in [3.8, 4) is 5.69 Å². The molecule has 2 heterocycles. The molecule has 0 saturated heterocycles. The fourth-order valence-electron chi connectivity index (χ4n) is 2.32.